The molecule has 13 heteroatoms. The molecule has 0 spiro atoms. The maximum absolute atomic E-state index is 13.7. The van der Waals surface area contributed by atoms with Crippen molar-refractivity contribution in [3.8, 4) is 11.1 Å². The second-order valence-electron chi connectivity index (χ2n) is 8.57. The molecule has 0 saturated carbocycles. The van der Waals surface area contributed by atoms with Gasteiger partial charge in [-0.2, -0.15) is 0 Å². The first-order chi connectivity index (χ1) is 18.1. The molecule has 196 valence electrons. The molecule has 0 saturated heterocycles. The minimum absolute atomic E-state index is 0.0277. The molecule has 2 N–H and O–H groups in total. The van der Waals surface area contributed by atoms with E-state index in [1.165, 1.54) is 11.3 Å². The number of thiazole rings is 1. The summed E-state index contributed by atoms with van der Waals surface area (Å²) in [5.41, 5.74) is 3.10. The lowest BCUT2D eigenvalue weighted by atomic mass is 10.1. The Hall–Kier alpha value is -3.16. The van der Waals surface area contributed by atoms with Crippen LogP contribution in [0.15, 0.2) is 77.2 Å². The zero-order valence-corrected chi connectivity index (χ0v) is 22.9. The van der Waals surface area contributed by atoms with E-state index in [0.29, 0.717) is 16.1 Å². The summed E-state index contributed by atoms with van der Waals surface area (Å²) in [4.78, 5) is 4.62. The number of hydrogen-bond acceptors (Lipinski definition) is 9. The summed E-state index contributed by atoms with van der Waals surface area (Å²) in [5.74, 6) is -0.897. The van der Waals surface area contributed by atoms with Crippen LogP contribution in [0.3, 0.4) is 0 Å². The summed E-state index contributed by atoms with van der Waals surface area (Å²) >= 11 is 7.23. The summed E-state index contributed by atoms with van der Waals surface area (Å²) in [5, 5.41) is 12.5. The van der Waals surface area contributed by atoms with E-state index in [4.69, 9.17) is 21.2 Å². The number of aromatic nitrogens is 3. The molecule has 0 fully saturated rings. The third kappa shape index (κ3) is 6.11. The molecule has 9 nitrogen and oxygen atoms in total. The van der Waals surface area contributed by atoms with Crippen molar-refractivity contribution >= 4 is 53.0 Å². The fourth-order valence-corrected chi connectivity index (χ4v) is 7.62. The maximum Gasteiger partial charge on any atom is 0.241 e. The van der Waals surface area contributed by atoms with E-state index in [1.807, 2.05) is 30.3 Å². The van der Waals surface area contributed by atoms with Gasteiger partial charge < -0.3 is 4.42 Å². The predicted molar refractivity (Wildman–Crippen MR) is 147 cm³/mol. The summed E-state index contributed by atoms with van der Waals surface area (Å²) < 4.78 is 56.6. The standard InChI is InChI=1S/C25H21ClN4O5S3/c26-19-9-6-17(7-10-19)18-8-11-20-21(14-18)36-25(28-20)23(37(31,32)15-16-4-2-1-3-5-16)24-30-29-22(35-24)12-13-38(27,33)34/h1-11,14,23H,12-13,15H2,(H2,27,33,34). The summed E-state index contributed by atoms with van der Waals surface area (Å²) in [6.07, 6.45) is -0.137. The Morgan fingerprint density at radius 2 is 1.63 bits per heavy atom. The quantitative estimate of drug-likeness (QED) is 0.264. The highest BCUT2D eigenvalue weighted by atomic mass is 35.5. The lowest BCUT2D eigenvalue weighted by molar-refractivity contribution is 0.453. The van der Waals surface area contributed by atoms with E-state index in [2.05, 4.69) is 15.2 Å². The average molecular weight is 589 g/mol. The first-order valence-corrected chi connectivity index (χ1v) is 15.9. The molecule has 0 radical (unpaired) electrons. The summed E-state index contributed by atoms with van der Waals surface area (Å²) in [7, 11) is -7.70. The molecule has 0 amide bonds. The molecule has 0 bridgehead atoms. The Labute approximate surface area is 228 Å². The molecule has 1 atom stereocenters. The van der Waals surface area contributed by atoms with Crippen molar-refractivity contribution in [2.45, 2.75) is 17.4 Å². The van der Waals surface area contributed by atoms with Gasteiger partial charge in [-0.15, -0.1) is 21.5 Å². The van der Waals surface area contributed by atoms with Crippen molar-refractivity contribution in [1.82, 2.24) is 15.2 Å². The fourth-order valence-electron chi connectivity index (χ4n) is 3.88. The minimum Gasteiger partial charge on any atom is -0.423 e. The number of sulfonamides is 1. The highest BCUT2D eigenvalue weighted by molar-refractivity contribution is 7.91. The molecular formula is C25H21ClN4O5S3. The highest BCUT2D eigenvalue weighted by Gasteiger charge is 2.37. The van der Waals surface area contributed by atoms with Crippen LogP contribution in [0.4, 0.5) is 0 Å². The second kappa shape index (κ2) is 10.5. The molecule has 0 aliphatic heterocycles. The zero-order valence-electron chi connectivity index (χ0n) is 19.7. The normalized spacial score (nSPS) is 13.1. The maximum atomic E-state index is 13.7. The van der Waals surface area contributed by atoms with Crippen molar-refractivity contribution in [2.75, 3.05) is 5.75 Å². The number of benzene rings is 3. The van der Waals surface area contributed by atoms with Crippen molar-refractivity contribution in [3.63, 3.8) is 0 Å². The van der Waals surface area contributed by atoms with E-state index < -0.39 is 30.9 Å². The van der Waals surface area contributed by atoms with Gasteiger partial charge in [-0.05, 0) is 41.0 Å². The molecule has 3 aromatic carbocycles. The van der Waals surface area contributed by atoms with E-state index in [9.17, 15) is 16.8 Å². The molecule has 38 heavy (non-hydrogen) atoms. The molecule has 1 unspecified atom stereocenters. The number of halogens is 1. The van der Waals surface area contributed by atoms with Gasteiger partial charge in [-0.25, -0.2) is 27.0 Å². The van der Waals surface area contributed by atoms with E-state index in [-0.39, 0.29) is 29.0 Å². The van der Waals surface area contributed by atoms with Gasteiger partial charge in [0, 0.05) is 11.4 Å². The van der Waals surface area contributed by atoms with Crippen LogP contribution in [0.5, 0.6) is 0 Å². The number of aryl methyl sites for hydroxylation is 1. The Morgan fingerprint density at radius 1 is 0.921 bits per heavy atom. The van der Waals surface area contributed by atoms with E-state index in [0.717, 1.165) is 15.8 Å². The lowest BCUT2D eigenvalue weighted by Crippen LogP contribution is -2.18. The Morgan fingerprint density at radius 3 is 2.34 bits per heavy atom. The Kier molecular flexibility index (Phi) is 7.34. The number of nitrogens with two attached hydrogens (primary N) is 1. The largest absolute Gasteiger partial charge is 0.423 e. The predicted octanol–water partition coefficient (Wildman–Crippen LogP) is 4.54. The van der Waals surface area contributed by atoms with Gasteiger partial charge in [0.1, 0.15) is 5.01 Å². The van der Waals surface area contributed by atoms with Gasteiger partial charge >= 0.3 is 0 Å². The van der Waals surface area contributed by atoms with Crippen LogP contribution in [0.2, 0.25) is 5.02 Å². The third-order valence-corrected chi connectivity index (χ3v) is 9.82. The van der Waals surface area contributed by atoms with Crippen LogP contribution in [-0.4, -0.2) is 37.8 Å². The Balaban J connectivity index is 1.56. The summed E-state index contributed by atoms with van der Waals surface area (Å²) in [6.45, 7) is 0. The van der Waals surface area contributed by atoms with Crippen LogP contribution in [-0.2, 0) is 32.0 Å². The molecule has 0 aliphatic rings. The van der Waals surface area contributed by atoms with Gasteiger partial charge in [0.15, 0.2) is 15.1 Å². The number of nitrogens with zero attached hydrogens (tertiary/aromatic N) is 3. The summed E-state index contributed by atoms with van der Waals surface area (Å²) in [6, 6.07) is 21.8. The van der Waals surface area contributed by atoms with Gasteiger partial charge in [0.2, 0.25) is 21.8 Å². The van der Waals surface area contributed by atoms with Crippen LogP contribution in [0.1, 0.15) is 27.6 Å². The van der Waals surface area contributed by atoms with Crippen molar-refractivity contribution < 1.29 is 21.3 Å². The molecule has 2 heterocycles. The monoisotopic (exact) mass is 588 g/mol. The van der Waals surface area contributed by atoms with Crippen molar-refractivity contribution in [1.29, 1.82) is 0 Å². The first kappa shape index (κ1) is 26.4. The van der Waals surface area contributed by atoms with E-state index >= 15 is 0 Å². The van der Waals surface area contributed by atoms with Crippen molar-refractivity contribution in [3.05, 3.63) is 100 Å². The van der Waals surface area contributed by atoms with Gasteiger partial charge in [-0.3, -0.25) is 0 Å². The van der Waals surface area contributed by atoms with Gasteiger partial charge in [0.05, 0.1) is 21.7 Å². The Bertz CT molecular complexity index is 1800. The van der Waals surface area contributed by atoms with Crippen molar-refractivity contribution in [2.24, 2.45) is 5.14 Å². The number of hydrogen-bond donors (Lipinski definition) is 1. The van der Waals surface area contributed by atoms with Crippen LogP contribution in [0, 0.1) is 0 Å². The molecule has 5 aromatic rings. The number of primary sulfonamides is 1. The zero-order chi connectivity index (χ0) is 26.9. The molecule has 2 aromatic heterocycles. The molecular weight excluding hydrogens is 568 g/mol. The van der Waals surface area contributed by atoms with Gasteiger partial charge in [-0.1, -0.05) is 60.1 Å². The lowest BCUT2D eigenvalue weighted by Gasteiger charge is -2.12. The smallest absolute Gasteiger partial charge is 0.241 e. The second-order valence-corrected chi connectivity index (χ2v) is 13.9. The van der Waals surface area contributed by atoms with E-state index in [1.54, 1.807) is 42.5 Å². The van der Waals surface area contributed by atoms with Crippen LogP contribution in [0.25, 0.3) is 21.3 Å². The van der Waals surface area contributed by atoms with Crippen LogP contribution < -0.4 is 5.14 Å². The van der Waals surface area contributed by atoms with Gasteiger partial charge in [0.25, 0.3) is 0 Å². The number of fused-ring (bicyclic) bond motifs is 1. The highest BCUT2D eigenvalue weighted by Crippen LogP contribution is 2.38. The SMILES string of the molecule is NS(=O)(=O)CCc1nnc(C(c2nc3ccc(-c4ccc(Cl)cc4)cc3s2)S(=O)(=O)Cc2ccccc2)o1. The molecule has 5 rings (SSSR count). The topological polar surface area (TPSA) is 146 Å². The number of rotatable bonds is 9. The average Bonchev–Trinajstić information content (AvgIpc) is 3.49. The first-order valence-electron chi connectivity index (χ1n) is 11.3. The van der Waals surface area contributed by atoms with Crippen LogP contribution >= 0.6 is 22.9 Å². The third-order valence-electron chi connectivity index (χ3n) is 5.68. The fraction of sp³-hybridized carbons (Fsp3) is 0.160. The minimum atomic E-state index is -3.93. The molecule has 0 aliphatic carbocycles. The number of sulfone groups is 1.